The minimum Gasteiger partial charge on any atom is -0.489 e. The van der Waals surface area contributed by atoms with E-state index in [2.05, 4.69) is 5.32 Å². The molecule has 1 aliphatic carbocycles. The van der Waals surface area contributed by atoms with Crippen molar-refractivity contribution in [1.29, 1.82) is 0 Å². The number of rotatable bonds is 5. The molecule has 2 fully saturated rings. The molecule has 4 rings (SSSR count). The van der Waals surface area contributed by atoms with E-state index in [-0.39, 0.29) is 49.1 Å². The van der Waals surface area contributed by atoms with Gasteiger partial charge in [0.05, 0.1) is 30.1 Å². The van der Waals surface area contributed by atoms with E-state index < -0.39 is 0 Å². The predicted octanol–water partition coefficient (Wildman–Crippen LogP) is 2.68. The average Bonchev–Trinajstić information content (AvgIpc) is 2.88. The van der Waals surface area contributed by atoms with E-state index in [4.69, 9.17) is 21.1 Å². The minimum atomic E-state index is -0.219. The summed E-state index contributed by atoms with van der Waals surface area (Å²) in [6.45, 7) is 1.53. The Bertz CT molecular complexity index is 804. The van der Waals surface area contributed by atoms with Gasteiger partial charge in [0.15, 0.2) is 11.5 Å². The number of nitrogens with zero attached hydrogens (tertiary/aromatic N) is 1. The third-order valence-corrected chi connectivity index (χ3v) is 6.13. The topological polar surface area (TPSA) is 84.9 Å². The molecule has 0 bridgehead atoms. The Kier molecular flexibility index (Phi) is 5.94. The van der Waals surface area contributed by atoms with Crippen LogP contribution < -0.4 is 14.8 Å². The monoisotopic (exact) mass is 420 g/mol. The van der Waals surface area contributed by atoms with E-state index in [1.807, 2.05) is 6.07 Å². The maximum absolute atomic E-state index is 12.5. The van der Waals surface area contributed by atoms with Crippen molar-refractivity contribution in [2.75, 3.05) is 19.8 Å². The van der Waals surface area contributed by atoms with E-state index in [0.717, 1.165) is 37.7 Å². The number of imide groups is 1. The molecule has 2 atom stereocenters. The van der Waals surface area contributed by atoms with Gasteiger partial charge in [-0.2, -0.15) is 0 Å². The summed E-state index contributed by atoms with van der Waals surface area (Å²) in [5, 5.41) is 3.27. The first-order valence-corrected chi connectivity index (χ1v) is 10.6. The van der Waals surface area contributed by atoms with Gasteiger partial charge >= 0.3 is 0 Å². The third kappa shape index (κ3) is 4.20. The summed E-state index contributed by atoms with van der Waals surface area (Å²) in [6, 6.07) is 3.55. The highest BCUT2D eigenvalue weighted by atomic mass is 35.5. The standard InChI is InChI=1S/C21H25ClN2O5/c22-16-10-13(11-17-19(16)29-9-3-8-28-17)12-23-18(25)6-7-24-20(26)14-4-1-2-5-15(14)21(24)27/h10-11,14-15H,1-9,12H2,(H,23,25)/t14-,15+. The van der Waals surface area contributed by atoms with Gasteiger partial charge in [0.25, 0.3) is 0 Å². The maximum atomic E-state index is 12.5. The van der Waals surface area contributed by atoms with Crippen molar-refractivity contribution >= 4 is 29.3 Å². The molecule has 29 heavy (non-hydrogen) atoms. The fraction of sp³-hybridized carbons (Fsp3) is 0.571. The Labute approximate surface area is 174 Å². The summed E-state index contributed by atoms with van der Waals surface area (Å²) in [7, 11) is 0. The Balaban J connectivity index is 1.31. The SMILES string of the molecule is O=C(CCN1C(=O)[C@H]2CCCC[C@H]2C1=O)NCc1cc(Cl)c2c(c1)OCCCO2. The van der Waals surface area contributed by atoms with Gasteiger partial charge in [-0.1, -0.05) is 24.4 Å². The first kappa shape index (κ1) is 20.0. The van der Waals surface area contributed by atoms with Crippen LogP contribution in [0.4, 0.5) is 0 Å². The molecule has 0 spiro atoms. The van der Waals surface area contributed by atoms with Crippen LogP contribution in [0.15, 0.2) is 12.1 Å². The normalized spacial score (nSPS) is 23.6. The fourth-order valence-corrected chi connectivity index (χ4v) is 4.63. The summed E-state index contributed by atoms with van der Waals surface area (Å²) in [4.78, 5) is 38.5. The largest absolute Gasteiger partial charge is 0.489 e. The lowest BCUT2D eigenvalue weighted by molar-refractivity contribution is -0.140. The molecule has 7 nitrogen and oxygen atoms in total. The van der Waals surface area contributed by atoms with Crippen LogP contribution in [0, 0.1) is 11.8 Å². The number of fused-ring (bicyclic) bond motifs is 2. The molecule has 3 aliphatic rings. The Morgan fingerprint density at radius 3 is 2.48 bits per heavy atom. The number of hydrogen-bond acceptors (Lipinski definition) is 5. The lowest BCUT2D eigenvalue weighted by atomic mass is 9.81. The van der Waals surface area contributed by atoms with Crippen LogP contribution in [-0.4, -0.2) is 42.4 Å². The molecule has 1 N–H and O–H groups in total. The van der Waals surface area contributed by atoms with Crippen LogP contribution in [0.25, 0.3) is 0 Å². The Hall–Kier alpha value is -2.28. The number of amides is 3. The van der Waals surface area contributed by atoms with Crippen LogP contribution in [0.2, 0.25) is 5.02 Å². The van der Waals surface area contributed by atoms with Gasteiger partial charge in [0.2, 0.25) is 17.7 Å². The lowest BCUT2D eigenvalue weighted by Gasteiger charge is -2.19. The minimum absolute atomic E-state index is 0.0925. The van der Waals surface area contributed by atoms with E-state index in [1.54, 1.807) is 6.07 Å². The highest BCUT2D eigenvalue weighted by molar-refractivity contribution is 6.32. The van der Waals surface area contributed by atoms with Gasteiger partial charge in [-0.15, -0.1) is 0 Å². The predicted molar refractivity (Wildman–Crippen MR) is 106 cm³/mol. The van der Waals surface area contributed by atoms with Crippen molar-refractivity contribution in [3.63, 3.8) is 0 Å². The number of nitrogens with one attached hydrogen (secondary N) is 1. The molecule has 1 saturated heterocycles. The molecule has 2 heterocycles. The highest BCUT2D eigenvalue weighted by Gasteiger charge is 2.47. The molecule has 8 heteroatoms. The number of ether oxygens (including phenoxy) is 2. The smallest absolute Gasteiger partial charge is 0.233 e. The van der Waals surface area contributed by atoms with Crippen LogP contribution in [0.3, 0.4) is 0 Å². The van der Waals surface area contributed by atoms with Crippen LogP contribution in [-0.2, 0) is 20.9 Å². The van der Waals surface area contributed by atoms with Crippen molar-refractivity contribution < 1.29 is 23.9 Å². The molecule has 1 aromatic rings. The maximum Gasteiger partial charge on any atom is 0.233 e. The first-order chi connectivity index (χ1) is 14.0. The number of carbonyl (C=O) groups excluding carboxylic acids is 3. The molecule has 0 unspecified atom stereocenters. The molecule has 1 saturated carbocycles. The zero-order valence-electron chi connectivity index (χ0n) is 16.2. The van der Waals surface area contributed by atoms with Gasteiger partial charge in [0.1, 0.15) is 0 Å². The second-order valence-electron chi connectivity index (χ2n) is 7.81. The summed E-state index contributed by atoms with van der Waals surface area (Å²) >= 11 is 6.28. The molecule has 0 aromatic heterocycles. The molecule has 3 amide bonds. The van der Waals surface area contributed by atoms with E-state index in [0.29, 0.717) is 29.7 Å². The molecular formula is C21H25ClN2O5. The lowest BCUT2D eigenvalue weighted by Crippen LogP contribution is -2.35. The van der Waals surface area contributed by atoms with E-state index >= 15 is 0 Å². The fourth-order valence-electron chi connectivity index (χ4n) is 4.34. The van der Waals surface area contributed by atoms with Crippen molar-refractivity contribution in [2.45, 2.75) is 45.1 Å². The Morgan fingerprint density at radius 1 is 1.07 bits per heavy atom. The van der Waals surface area contributed by atoms with Crippen LogP contribution in [0.1, 0.15) is 44.1 Å². The van der Waals surface area contributed by atoms with Crippen molar-refractivity contribution in [2.24, 2.45) is 11.8 Å². The highest BCUT2D eigenvalue weighted by Crippen LogP contribution is 2.39. The third-order valence-electron chi connectivity index (χ3n) is 5.85. The van der Waals surface area contributed by atoms with E-state index in [1.165, 1.54) is 4.90 Å². The first-order valence-electron chi connectivity index (χ1n) is 10.2. The summed E-state index contributed by atoms with van der Waals surface area (Å²) in [5.74, 6) is 0.321. The van der Waals surface area contributed by atoms with E-state index in [9.17, 15) is 14.4 Å². The average molecular weight is 421 g/mol. The summed E-state index contributed by atoms with van der Waals surface area (Å²) in [5.41, 5.74) is 0.798. The van der Waals surface area contributed by atoms with Gasteiger partial charge in [-0.05, 0) is 30.5 Å². The molecule has 2 aliphatic heterocycles. The van der Waals surface area contributed by atoms with Crippen LogP contribution >= 0.6 is 11.6 Å². The van der Waals surface area contributed by atoms with Gasteiger partial charge in [-0.3, -0.25) is 19.3 Å². The molecular weight excluding hydrogens is 396 g/mol. The van der Waals surface area contributed by atoms with Crippen molar-refractivity contribution in [3.05, 3.63) is 22.7 Å². The van der Waals surface area contributed by atoms with Crippen molar-refractivity contribution in [1.82, 2.24) is 10.2 Å². The molecule has 0 radical (unpaired) electrons. The zero-order chi connectivity index (χ0) is 20.4. The summed E-state index contributed by atoms with van der Waals surface area (Å²) < 4.78 is 11.3. The number of hydrogen-bond donors (Lipinski definition) is 1. The van der Waals surface area contributed by atoms with Crippen LogP contribution in [0.5, 0.6) is 11.5 Å². The second-order valence-corrected chi connectivity index (χ2v) is 8.21. The van der Waals surface area contributed by atoms with Gasteiger partial charge in [-0.25, -0.2) is 0 Å². The second kappa shape index (κ2) is 8.61. The quantitative estimate of drug-likeness (QED) is 0.740. The zero-order valence-corrected chi connectivity index (χ0v) is 17.0. The number of halogens is 1. The Morgan fingerprint density at radius 2 is 1.76 bits per heavy atom. The molecule has 156 valence electrons. The van der Waals surface area contributed by atoms with Gasteiger partial charge < -0.3 is 14.8 Å². The number of benzene rings is 1. The summed E-state index contributed by atoms with van der Waals surface area (Å²) in [6.07, 6.45) is 4.42. The van der Waals surface area contributed by atoms with Gasteiger partial charge in [0, 0.05) is 25.9 Å². The number of carbonyl (C=O) groups is 3. The van der Waals surface area contributed by atoms with Crippen molar-refractivity contribution in [3.8, 4) is 11.5 Å². The number of likely N-dealkylation sites (tertiary alicyclic amines) is 1. The molecule has 1 aromatic carbocycles.